The summed E-state index contributed by atoms with van der Waals surface area (Å²) < 4.78 is 73.6. The van der Waals surface area contributed by atoms with Crippen LogP contribution in [0.1, 0.15) is 28.5 Å². The minimum Gasteiger partial charge on any atom is -1.00 e. The molecule has 0 atom stereocenters. The van der Waals surface area contributed by atoms with Gasteiger partial charge in [-0.3, -0.25) is 9.11 Å². The summed E-state index contributed by atoms with van der Waals surface area (Å²) in [5.41, 5.74) is 0. The van der Waals surface area contributed by atoms with Crippen molar-refractivity contribution in [3.05, 3.63) is 48.5 Å². The minimum atomic E-state index is -4.20. The van der Waals surface area contributed by atoms with E-state index < -0.39 is 20.2 Å². The smallest absolute Gasteiger partial charge is 1.00 e. The molecule has 8 nitrogen and oxygen atoms in total. The largest absolute Gasteiger partial charge is 1.00 e. The molecule has 0 amide bonds. The molecular weight excluding hydrogens is 478 g/mol. The van der Waals surface area contributed by atoms with Gasteiger partial charge in [0, 0.05) is 0 Å². The fourth-order valence-electron chi connectivity index (χ4n) is 3.41. The summed E-state index contributed by atoms with van der Waals surface area (Å²) in [5.74, 6) is 1.91. The molecule has 0 aromatic heterocycles. The van der Waals surface area contributed by atoms with Crippen molar-refractivity contribution in [1.29, 1.82) is 0 Å². The average Bonchev–Trinajstić information content (AvgIpc) is 2.71. The molecule has 2 N–H and O–H groups in total. The Kier molecular flexibility index (Phi) is 12.2. The monoisotopic (exact) mass is 504 g/mol. The fourth-order valence-corrected chi connectivity index (χ4v) is 4.37. The van der Waals surface area contributed by atoms with E-state index in [2.05, 4.69) is 0 Å². The van der Waals surface area contributed by atoms with Crippen molar-refractivity contribution < 1.29 is 97.4 Å². The quantitative estimate of drug-likeness (QED) is 0.303. The summed E-state index contributed by atoms with van der Waals surface area (Å²) in [4.78, 5) is -0.328. The molecule has 0 radical (unpaired) electrons. The molecular formula is C20H26Na2O8S2. The summed E-state index contributed by atoms with van der Waals surface area (Å²) in [6.45, 7) is 1.08. The van der Waals surface area contributed by atoms with Gasteiger partial charge in [0.15, 0.2) is 0 Å². The molecule has 1 fully saturated rings. The molecule has 12 heteroatoms. The van der Waals surface area contributed by atoms with Gasteiger partial charge in [0.2, 0.25) is 0 Å². The average molecular weight is 505 g/mol. The molecule has 0 heterocycles. The van der Waals surface area contributed by atoms with Gasteiger partial charge >= 0.3 is 59.1 Å². The second-order valence-electron chi connectivity index (χ2n) is 7.40. The first-order valence-corrected chi connectivity index (χ1v) is 12.4. The number of benzene rings is 2. The number of ether oxygens (including phenoxy) is 2. The van der Waals surface area contributed by atoms with Crippen molar-refractivity contribution in [3.63, 3.8) is 0 Å². The second kappa shape index (κ2) is 13.1. The van der Waals surface area contributed by atoms with E-state index in [0.717, 1.165) is 25.7 Å². The van der Waals surface area contributed by atoms with Crippen LogP contribution in [0.25, 0.3) is 0 Å². The van der Waals surface area contributed by atoms with E-state index in [1.165, 1.54) is 48.5 Å². The van der Waals surface area contributed by atoms with E-state index in [9.17, 15) is 16.8 Å². The van der Waals surface area contributed by atoms with E-state index in [1.807, 2.05) is 0 Å². The summed E-state index contributed by atoms with van der Waals surface area (Å²) in [7, 11) is -8.40. The van der Waals surface area contributed by atoms with Crippen molar-refractivity contribution in [2.45, 2.75) is 35.5 Å². The summed E-state index contributed by atoms with van der Waals surface area (Å²) in [6.07, 6.45) is 3.94. The molecule has 1 aliphatic carbocycles. The predicted octanol–water partition coefficient (Wildman–Crippen LogP) is -2.32. The van der Waals surface area contributed by atoms with Gasteiger partial charge in [0.05, 0.1) is 23.0 Å². The molecule has 0 saturated heterocycles. The zero-order valence-electron chi connectivity index (χ0n) is 20.2. The minimum absolute atomic E-state index is 0. The molecule has 1 saturated carbocycles. The van der Waals surface area contributed by atoms with Gasteiger partial charge in [0.25, 0.3) is 20.2 Å². The van der Waals surface area contributed by atoms with Crippen LogP contribution in [0.4, 0.5) is 0 Å². The molecule has 0 bridgehead atoms. The van der Waals surface area contributed by atoms with Crippen molar-refractivity contribution in [3.8, 4) is 11.5 Å². The SMILES string of the molecule is O=S(=O)(O)c1ccc(OCC2CCC(COc3ccc(S(=O)(=O)O)cc3)CC2)cc1.[H-].[H-].[Na+].[Na+]. The molecule has 3 rings (SSSR count). The second-order valence-corrected chi connectivity index (χ2v) is 10.2. The third-order valence-corrected chi connectivity index (χ3v) is 6.92. The predicted molar refractivity (Wildman–Crippen MR) is 111 cm³/mol. The van der Waals surface area contributed by atoms with Gasteiger partial charge in [-0.15, -0.1) is 0 Å². The van der Waals surface area contributed by atoms with Crippen LogP contribution in [0.2, 0.25) is 0 Å². The van der Waals surface area contributed by atoms with Gasteiger partial charge in [-0.2, -0.15) is 16.8 Å². The van der Waals surface area contributed by atoms with Gasteiger partial charge in [0.1, 0.15) is 11.5 Å². The van der Waals surface area contributed by atoms with Crippen LogP contribution in [-0.4, -0.2) is 39.2 Å². The maximum absolute atomic E-state index is 11.0. The third-order valence-electron chi connectivity index (χ3n) is 5.18. The molecule has 2 aromatic rings. The van der Waals surface area contributed by atoms with Crippen LogP contribution in [-0.2, 0) is 20.2 Å². The Labute approximate surface area is 236 Å². The first kappa shape index (κ1) is 29.9. The summed E-state index contributed by atoms with van der Waals surface area (Å²) >= 11 is 0. The summed E-state index contributed by atoms with van der Waals surface area (Å²) in [6, 6.07) is 11.3. The van der Waals surface area contributed by atoms with Crippen LogP contribution in [0.3, 0.4) is 0 Å². The molecule has 32 heavy (non-hydrogen) atoms. The van der Waals surface area contributed by atoms with E-state index in [-0.39, 0.29) is 71.8 Å². The molecule has 0 spiro atoms. The molecule has 168 valence electrons. The Morgan fingerprint density at radius 1 is 0.656 bits per heavy atom. The zero-order valence-corrected chi connectivity index (χ0v) is 23.8. The number of hydrogen-bond donors (Lipinski definition) is 2. The van der Waals surface area contributed by atoms with Crippen LogP contribution >= 0.6 is 0 Å². The Balaban J connectivity index is 0. The van der Waals surface area contributed by atoms with Crippen LogP contribution in [0.15, 0.2) is 58.3 Å². The Hall–Kier alpha value is -0.140. The molecule has 2 aromatic carbocycles. The fraction of sp³-hybridized carbons (Fsp3) is 0.400. The maximum atomic E-state index is 11.0. The Morgan fingerprint density at radius 3 is 1.19 bits per heavy atom. The van der Waals surface area contributed by atoms with Gasteiger partial charge in [-0.25, -0.2) is 0 Å². The first-order chi connectivity index (χ1) is 14.1. The summed E-state index contributed by atoms with van der Waals surface area (Å²) in [5, 5.41) is 0. The van der Waals surface area contributed by atoms with E-state index >= 15 is 0 Å². The Morgan fingerprint density at radius 2 is 0.938 bits per heavy atom. The van der Waals surface area contributed by atoms with Gasteiger partial charge < -0.3 is 12.3 Å². The van der Waals surface area contributed by atoms with E-state index in [0.29, 0.717) is 36.5 Å². The van der Waals surface area contributed by atoms with E-state index in [1.54, 1.807) is 0 Å². The standard InChI is InChI=1S/C20H24O8S2.2Na.2H/c21-29(22,23)19-9-5-17(6-10-19)27-13-15-1-2-16(4-3-15)14-28-18-7-11-20(12-8-18)30(24,25)26;;;;/h5-12,15-16H,1-4,13-14H2,(H,21,22,23)(H,24,25,26);;;;/q;2*+1;2*-1. The molecule has 0 aliphatic heterocycles. The van der Waals surface area contributed by atoms with Crippen LogP contribution < -0.4 is 68.6 Å². The van der Waals surface area contributed by atoms with Gasteiger partial charge in [-0.05, 0) is 86.1 Å². The van der Waals surface area contributed by atoms with Crippen molar-refractivity contribution in [2.75, 3.05) is 13.2 Å². The zero-order chi connectivity index (χ0) is 21.8. The number of hydrogen-bond acceptors (Lipinski definition) is 6. The van der Waals surface area contributed by atoms with E-state index in [4.69, 9.17) is 18.6 Å². The molecule has 1 aliphatic rings. The topological polar surface area (TPSA) is 127 Å². The van der Waals surface area contributed by atoms with Crippen LogP contribution in [0.5, 0.6) is 11.5 Å². The van der Waals surface area contributed by atoms with Crippen molar-refractivity contribution >= 4 is 20.2 Å². The maximum Gasteiger partial charge on any atom is 1.00 e. The molecule has 0 unspecified atom stereocenters. The normalized spacial score (nSPS) is 18.7. The van der Waals surface area contributed by atoms with Crippen molar-refractivity contribution in [2.24, 2.45) is 11.8 Å². The Bertz CT molecular complexity index is 971. The number of rotatable bonds is 8. The van der Waals surface area contributed by atoms with Crippen molar-refractivity contribution in [1.82, 2.24) is 0 Å². The van der Waals surface area contributed by atoms with Gasteiger partial charge in [-0.1, -0.05) is 0 Å². The third kappa shape index (κ3) is 9.25. The first-order valence-electron chi connectivity index (χ1n) is 9.52. The van der Waals surface area contributed by atoms with Crippen LogP contribution in [0, 0.1) is 11.8 Å².